The molecule has 0 unspecified atom stereocenters. The highest BCUT2D eigenvalue weighted by Gasteiger charge is 2.29. The lowest BCUT2D eigenvalue weighted by atomic mass is 9.82. The number of nitrogens with zero attached hydrogens (tertiary/aromatic N) is 3. The van der Waals surface area contributed by atoms with Crippen molar-refractivity contribution in [3.63, 3.8) is 0 Å². The number of pyridine rings is 1. The van der Waals surface area contributed by atoms with Crippen LogP contribution in [0.25, 0.3) is 5.52 Å². The van der Waals surface area contributed by atoms with Crippen LogP contribution in [-0.4, -0.2) is 46.9 Å². The molecule has 0 aromatic carbocycles. The van der Waals surface area contributed by atoms with Crippen LogP contribution in [0.1, 0.15) is 48.3 Å². The molecule has 0 amide bonds. The Morgan fingerprint density at radius 3 is 2.54 bits per heavy atom. The van der Waals surface area contributed by atoms with Gasteiger partial charge in [-0.2, -0.15) is 5.10 Å². The maximum absolute atomic E-state index is 12.0. The lowest BCUT2D eigenvalue weighted by molar-refractivity contribution is -0.139. The number of carbonyl (C=O) groups excluding carboxylic acids is 1. The van der Waals surface area contributed by atoms with Gasteiger partial charge in [0.25, 0.3) is 0 Å². The number of hydrogen-bond acceptors (Lipinski definition) is 5. The zero-order valence-electron chi connectivity index (χ0n) is 15.7. The third kappa shape index (κ3) is 3.38. The first kappa shape index (κ1) is 18.2. The Kier molecular flexibility index (Phi) is 4.64. The number of carbonyl (C=O) groups is 2. The number of methoxy groups -OCH3 is 1. The van der Waals surface area contributed by atoms with Crippen LogP contribution in [-0.2, 0) is 16.0 Å². The van der Waals surface area contributed by atoms with Crippen LogP contribution < -0.4 is 4.90 Å². The zero-order chi connectivity index (χ0) is 19.1. The number of aromatic carboxylic acids is 1. The molecule has 26 heavy (non-hydrogen) atoms. The topological polar surface area (TPSA) is 84.1 Å². The van der Waals surface area contributed by atoms with Gasteiger partial charge in [0.2, 0.25) is 0 Å². The molecule has 1 aliphatic heterocycles. The van der Waals surface area contributed by atoms with Gasteiger partial charge >= 0.3 is 11.9 Å². The Bertz CT molecular complexity index is 859. The van der Waals surface area contributed by atoms with Gasteiger partial charge in [-0.05, 0) is 36.3 Å². The van der Waals surface area contributed by atoms with Gasteiger partial charge in [-0.25, -0.2) is 9.31 Å². The summed E-state index contributed by atoms with van der Waals surface area (Å²) in [6.07, 6.45) is 3.99. The van der Waals surface area contributed by atoms with Gasteiger partial charge < -0.3 is 14.7 Å². The van der Waals surface area contributed by atoms with Gasteiger partial charge in [-0.15, -0.1) is 0 Å². The molecule has 0 spiro atoms. The van der Waals surface area contributed by atoms with Crippen LogP contribution in [0.5, 0.6) is 0 Å². The highest BCUT2D eigenvalue weighted by molar-refractivity contribution is 5.91. The quantitative estimate of drug-likeness (QED) is 0.845. The molecule has 1 N–H and O–H groups in total. The van der Waals surface area contributed by atoms with Crippen molar-refractivity contribution in [1.82, 2.24) is 9.61 Å². The number of anilines is 1. The van der Waals surface area contributed by atoms with Crippen molar-refractivity contribution in [3.05, 3.63) is 29.1 Å². The minimum Gasteiger partial charge on any atom is -0.476 e. The molecule has 3 heterocycles. The normalized spacial score (nSPS) is 16.7. The van der Waals surface area contributed by atoms with Crippen molar-refractivity contribution in [2.45, 2.75) is 40.0 Å². The fraction of sp³-hybridized carbons (Fsp3) is 0.526. The second-order valence-electron chi connectivity index (χ2n) is 7.71. The Labute approximate surface area is 152 Å². The van der Waals surface area contributed by atoms with Crippen molar-refractivity contribution >= 4 is 23.1 Å². The SMILES string of the molecule is COC(=O)Cc1c(C)cn2nc(C(=O)O)cc2c1N1CCC(C)(C)CC1. The standard InChI is InChI=1S/C19H25N3O4/c1-12-11-22-15(10-14(20-22)18(24)25)17(13(12)9-16(23)26-4)21-7-5-19(2,3)6-8-21/h10-11H,5-9H2,1-4H3,(H,24,25). The van der Waals surface area contributed by atoms with E-state index in [1.165, 1.54) is 7.11 Å². The van der Waals surface area contributed by atoms with E-state index in [0.717, 1.165) is 42.7 Å². The van der Waals surface area contributed by atoms with Gasteiger partial charge in [0.1, 0.15) is 0 Å². The monoisotopic (exact) mass is 359 g/mol. The van der Waals surface area contributed by atoms with Crippen LogP contribution in [0, 0.1) is 12.3 Å². The molecule has 2 aromatic heterocycles. The highest BCUT2D eigenvalue weighted by atomic mass is 16.5. The van der Waals surface area contributed by atoms with Gasteiger partial charge in [0.15, 0.2) is 5.69 Å². The van der Waals surface area contributed by atoms with Crippen LogP contribution in [0.3, 0.4) is 0 Å². The molecule has 7 nitrogen and oxygen atoms in total. The average Bonchev–Trinajstić information content (AvgIpc) is 2.99. The first-order chi connectivity index (χ1) is 12.2. The zero-order valence-corrected chi connectivity index (χ0v) is 15.7. The van der Waals surface area contributed by atoms with E-state index in [0.29, 0.717) is 5.52 Å². The number of rotatable bonds is 4. The molecule has 0 atom stereocenters. The number of aryl methyl sites for hydroxylation is 1. The molecule has 2 aromatic rings. The minimum atomic E-state index is -1.06. The number of carboxylic acids is 1. The summed E-state index contributed by atoms with van der Waals surface area (Å²) in [6.45, 7) is 8.14. The average molecular weight is 359 g/mol. The van der Waals surface area contributed by atoms with Crippen LogP contribution >= 0.6 is 0 Å². The van der Waals surface area contributed by atoms with Crippen molar-refractivity contribution in [2.75, 3.05) is 25.1 Å². The van der Waals surface area contributed by atoms with E-state index in [-0.39, 0.29) is 23.5 Å². The molecule has 1 saturated heterocycles. The number of piperidine rings is 1. The second kappa shape index (κ2) is 6.63. The third-order valence-electron chi connectivity index (χ3n) is 5.26. The summed E-state index contributed by atoms with van der Waals surface area (Å²) in [6, 6.07) is 1.58. The predicted molar refractivity (Wildman–Crippen MR) is 97.8 cm³/mol. The second-order valence-corrected chi connectivity index (χ2v) is 7.71. The van der Waals surface area contributed by atoms with Crippen LogP contribution in [0.15, 0.2) is 12.3 Å². The first-order valence-corrected chi connectivity index (χ1v) is 8.79. The molecule has 0 radical (unpaired) electrons. The fourth-order valence-corrected chi connectivity index (χ4v) is 3.51. The van der Waals surface area contributed by atoms with E-state index in [1.54, 1.807) is 16.8 Å². The summed E-state index contributed by atoms with van der Waals surface area (Å²) in [5, 5.41) is 13.5. The summed E-state index contributed by atoms with van der Waals surface area (Å²) in [5.74, 6) is -1.37. The number of fused-ring (bicyclic) bond motifs is 1. The lowest BCUT2D eigenvalue weighted by Gasteiger charge is -2.39. The Morgan fingerprint density at radius 2 is 1.96 bits per heavy atom. The number of esters is 1. The Balaban J connectivity index is 2.15. The highest BCUT2D eigenvalue weighted by Crippen LogP contribution is 2.37. The van der Waals surface area contributed by atoms with Crippen molar-refractivity contribution in [3.8, 4) is 0 Å². The molecule has 7 heteroatoms. The third-order valence-corrected chi connectivity index (χ3v) is 5.26. The predicted octanol–water partition coefficient (Wildman–Crippen LogP) is 2.68. The van der Waals surface area contributed by atoms with Gasteiger partial charge in [-0.3, -0.25) is 4.79 Å². The van der Waals surface area contributed by atoms with Gasteiger partial charge in [0.05, 0.1) is 24.7 Å². The first-order valence-electron chi connectivity index (χ1n) is 8.79. The molecule has 1 aliphatic rings. The summed E-state index contributed by atoms with van der Waals surface area (Å²) >= 11 is 0. The van der Waals surface area contributed by atoms with Gasteiger partial charge in [0, 0.05) is 25.4 Å². The van der Waals surface area contributed by atoms with Crippen LogP contribution in [0.4, 0.5) is 5.69 Å². The summed E-state index contributed by atoms with van der Waals surface area (Å²) < 4.78 is 6.47. The number of carboxylic acid groups (broad SMARTS) is 1. The molecular weight excluding hydrogens is 334 g/mol. The summed E-state index contributed by atoms with van der Waals surface area (Å²) in [5.41, 5.74) is 3.66. The molecule has 0 bridgehead atoms. The Morgan fingerprint density at radius 1 is 1.31 bits per heavy atom. The van der Waals surface area contributed by atoms with Crippen LogP contribution in [0.2, 0.25) is 0 Å². The molecule has 140 valence electrons. The summed E-state index contributed by atoms with van der Waals surface area (Å²) in [7, 11) is 1.38. The number of aromatic nitrogens is 2. The maximum atomic E-state index is 12.0. The molecule has 1 fully saturated rings. The van der Waals surface area contributed by atoms with E-state index >= 15 is 0 Å². The van der Waals surface area contributed by atoms with E-state index in [1.807, 2.05) is 6.92 Å². The van der Waals surface area contributed by atoms with Crippen molar-refractivity contribution in [2.24, 2.45) is 5.41 Å². The lowest BCUT2D eigenvalue weighted by Crippen LogP contribution is -2.38. The van der Waals surface area contributed by atoms with E-state index in [2.05, 4.69) is 23.8 Å². The molecular formula is C19H25N3O4. The van der Waals surface area contributed by atoms with E-state index < -0.39 is 5.97 Å². The van der Waals surface area contributed by atoms with E-state index in [9.17, 15) is 14.7 Å². The maximum Gasteiger partial charge on any atom is 0.356 e. The molecule has 3 rings (SSSR count). The fourth-order valence-electron chi connectivity index (χ4n) is 3.51. The largest absolute Gasteiger partial charge is 0.476 e. The smallest absolute Gasteiger partial charge is 0.356 e. The summed E-state index contributed by atoms with van der Waals surface area (Å²) in [4.78, 5) is 25.6. The van der Waals surface area contributed by atoms with E-state index in [4.69, 9.17) is 4.74 Å². The van der Waals surface area contributed by atoms with Gasteiger partial charge in [-0.1, -0.05) is 13.8 Å². The minimum absolute atomic E-state index is 0.00166. The number of hydrogen-bond donors (Lipinski definition) is 1. The van der Waals surface area contributed by atoms with Crippen molar-refractivity contribution < 1.29 is 19.4 Å². The molecule has 0 saturated carbocycles. The number of ether oxygens (including phenoxy) is 1. The Hall–Kier alpha value is -2.57. The molecule has 0 aliphatic carbocycles. The van der Waals surface area contributed by atoms with Crippen molar-refractivity contribution in [1.29, 1.82) is 0 Å².